The first kappa shape index (κ1) is 30.0. The van der Waals surface area contributed by atoms with E-state index in [4.69, 9.17) is 8.85 Å². The van der Waals surface area contributed by atoms with Crippen molar-refractivity contribution < 1.29 is 14.0 Å². The van der Waals surface area contributed by atoms with Crippen LogP contribution in [0.4, 0.5) is 0 Å². The van der Waals surface area contributed by atoms with Crippen molar-refractivity contribution in [3.63, 3.8) is 0 Å². The highest BCUT2D eigenvalue weighted by atomic mass is 28.4. The summed E-state index contributed by atoms with van der Waals surface area (Å²) >= 11 is 0. The van der Waals surface area contributed by atoms with Crippen LogP contribution >= 0.6 is 0 Å². The maximum atomic E-state index is 9.78. The highest BCUT2D eigenvalue weighted by molar-refractivity contribution is 6.74. The van der Waals surface area contributed by atoms with Crippen LogP contribution in [0.2, 0.25) is 36.3 Å². The third kappa shape index (κ3) is 7.41. The normalized spacial score (nSPS) is 27.4. The van der Waals surface area contributed by atoms with Gasteiger partial charge in [0.1, 0.15) is 0 Å². The van der Waals surface area contributed by atoms with Gasteiger partial charge in [-0.1, -0.05) is 86.0 Å². The van der Waals surface area contributed by atoms with Gasteiger partial charge in [-0.15, -0.1) is 0 Å². The van der Waals surface area contributed by atoms with Crippen LogP contribution in [0, 0.1) is 17.8 Å². The lowest BCUT2D eigenvalue weighted by Gasteiger charge is -2.40. The Labute approximate surface area is 214 Å². The van der Waals surface area contributed by atoms with Gasteiger partial charge >= 0.3 is 0 Å². The average molecular weight is 509 g/mol. The van der Waals surface area contributed by atoms with Gasteiger partial charge in [0.15, 0.2) is 16.6 Å². The summed E-state index contributed by atoms with van der Waals surface area (Å²) in [5.74, 6) is 1.49. The minimum atomic E-state index is -1.86. The molecule has 0 heterocycles. The molecule has 0 aliphatic heterocycles. The van der Waals surface area contributed by atoms with E-state index in [2.05, 4.69) is 92.9 Å². The van der Waals surface area contributed by atoms with Crippen molar-refractivity contribution in [3.8, 4) is 0 Å². The number of fused-ring (bicyclic) bond motifs is 1. The predicted molar refractivity (Wildman–Crippen MR) is 152 cm³/mol. The molecule has 0 amide bonds. The maximum Gasteiger partial charge on any atom is 0.192 e. The van der Waals surface area contributed by atoms with Crippen molar-refractivity contribution in [1.82, 2.24) is 0 Å². The molecule has 0 aromatic rings. The van der Waals surface area contributed by atoms with Gasteiger partial charge in [-0.25, -0.2) is 0 Å². The average Bonchev–Trinajstić information content (AvgIpc) is 3.21. The molecular weight excluding hydrogens is 452 g/mol. The molecule has 0 aromatic heterocycles. The van der Waals surface area contributed by atoms with Gasteiger partial charge in [-0.2, -0.15) is 0 Å². The van der Waals surface area contributed by atoms with Crippen LogP contribution in [0.1, 0.15) is 87.0 Å². The van der Waals surface area contributed by atoms with Crippen LogP contribution in [-0.2, 0) is 8.85 Å². The largest absolute Gasteiger partial charge is 0.413 e. The highest BCUT2D eigenvalue weighted by Crippen LogP contribution is 2.50. The summed E-state index contributed by atoms with van der Waals surface area (Å²) in [6.45, 7) is 26.0. The molecule has 1 fully saturated rings. The first-order valence-electron chi connectivity index (χ1n) is 13.9. The molecule has 0 bridgehead atoms. The highest BCUT2D eigenvalue weighted by Gasteiger charge is 2.48. The molecule has 198 valence electrons. The van der Waals surface area contributed by atoms with Crippen LogP contribution < -0.4 is 0 Å². The fourth-order valence-corrected chi connectivity index (χ4v) is 7.65. The van der Waals surface area contributed by atoms with Crippen LogP contribution in [0.3, 0.4) is 0 Å². The van der Waals surface area contributed by atoms with Crippen molar-refractivity contribution in [2.45, 2.75) is 135 Å². The van der Waals surface area contributed by atoms with Crippen LogP contribution in [0.5, 0.6) is 0 Å². The number of hydrogen-bond donors (Lipinski definition) is 1. The van der Waals surface area contributed by atoms with E-state index in [0.717, 1.165) is 19.3 Å². The smallest absolute Gasteiger partial charge is 0.192 e. The number of allylic oxidation sites excluding steroid dienone is 1. The molecule has 1 saturated carbocycles. The zero-order valence-corrected chi connectivity index (χ0v) is 26.3. The summed E-state index contributed by atoms with van der Waals surface area (Å²) in [5, 5.41) is 10.2. The Hall–Kier alpha value is -0.206. The molecule has 5 atom stereocenters. The summed E-state index contributed by atoms with van der Waals surface area (Å²) in [4.78, 5) is 0. The Morgan fingerprint density at radius 1 is 1.03 bits per heavy atom. The third-order valence-corrected chi connectivity index (χ3v) is 18.3. The molecule has 0 aromatic carbocycles. The van der Waals surface area contributed by atoms with Gasteiger partial charge in [-0.05, 0) is 72.9 Å². The van der Waals surface area contributed by atoms with Crippen LogP contribution in [-0.4, -0.2) is 40.6 Å². The molecule has 0 saturated heterocycles. The first-order valence-corrected chi connectivity index (χ1v) is 19.7. The van der Waals surface area contributed by atoms with E-state index in [1.54, 1.807) is 0 Å². The van der Waals surface area contributed by atoms with Gasteiger partial charge in [0.05, 0.1) is 18.8 Å². The molecule has 2 aliphatic rings. The lowest BCUT2D eigenvalue weighted by atomic mass is 9.89. The van der Waals surface area contributed by atoms with E-state index in [0.29, 0.717) is 17.8 Å². The molecule has 2 aliphatic carbocycles. The van der Waals surface area contributed by atoms with Gasteiger partial charge in [0, 0.05) is 5.92 Å². The Bertz CT molecular complexity index is 712. The summed E-state index contributed by atoms with van der Waals surface area (Å²) in [6.07, 6.45) is 14.6. The Morgan fingerprint density at radius 2 is 1.65 bits per heavy atom. The number of unbranched alkanes of at least 4 members (excludes halogenated alkanes) is 2. The first-order chi connectivity index (χ1) is 15.5. The third-order valence-electron chi connectivity index (χ3n) is 9.27. The molecule has 0 radical (unpaired) electrons. The van der Waals surface area contributed by atoms with Crippen LogP contribution in [0.25, 0.3) is 0 Å². The standard InChI is InChI=1S/C29H56O3Si2/c1-12-13-14-15-24(31-33(8,9)28(2,3)4)16-17-25-26-19-22(21-30)18-23(26)20-27(25)32-34(10,11)29(5,6)7/h16-18,23-27,30H,12-15,19-21H2,1-11H3/b17-16+/t23-,24-,25+,26-,27+/m0/s1. The van der Waals surface area contributed by atoms with E-state index < -0.39 is 16.6 Å². The minimum absolute atomic E-state index is 0.187. The van der Waals surface area contributed by atoms with Gasteiger partial charge in [-0.3, -0.25) is 0 Å². The Balaban J connectivity index is 2.28. The van der Waals surface area contributed by atoms with Gasteiger partial charge in [0.25, 0.3) is 0 Å². The number of hydrogen-bond acceptors (Lipinski definition) is 3. The van der Waals surface area contributed by atoms with Crippen molar-refractivity contribution in [1.29, 1.82) is 0 Å². The zero-order valence-electron chi connectivity index (χ0n) is 24.3. The van der Waals surface area contributed by atoms with Crippen molar-refractivity contribution in [2.24, 2.45) is 17.8 Å². The lowest BCUT2D eigenvalue weighted by molar-refractivity contribution is 0.146. The van der Waals surface area contributed by atoms with E-state index in [1.165, 1.54) is 24.8 Å². The predicted octanol–water partition coefficient (Wildman–Crippen LogP) is 8.48. The molecule has 0 spiro atoms. The molecule has 0 unspecified atom stereocenters. The second-order valence-corrected chi connectivity index (χ2v) is 23.6. The molecular formula is C29H56O3Si2. The minimum Gasteiger partial charge on any atom is -0.413 e. The summed E-state index contributed by atoms with van der Waals surface area (Å²) < 4.78 is 14.0. The van der Waals surface area contributed by atoms with Gasteiger partial charge < -0.3 is 14.0 Å². The second-order valence-electron chi connectivity index (χ2n) is 14.0. The summed E-state index contributed by atoms with van der Waals surface area (Å²) in [7, 11) is -3.71. The summed E-state index contributed by atoms with van der Waals surface area (Å²) in [6, 6.07) is 0. The molecule has 3 nitrogen and oxygen atoms in total. The molecule has 2 rings (SSSR count). The molecule has 5 heteroatoms. The van der Waals surface area contributed by atoms with Crippen LogP contribution in [0.15, 0.2) is 23.8 Å². The number of aliphatic hydroxyl groups is 1. The van der Waals surface area contributed by atoms with Gasteiger partial charge in [0.2, 0.25) is 0 Å². The molecule has 1 N–H and O–H groups in total. The fraction of sp³-hybridized carbons (Fsp3) is 0.862. The second kappa shape index (κ2) is 11.5. The fourth-order valence-electron chi connectivity index (χ4n) is 4.98. The van der Waals surface area contributed by atoms with Crippen molar-refractivity contribution in [2.75, 3.05) is 6.61 Å². The lowest BCUT2D eigenvalue weighted by Crippen LogP contribution is -2.45. The Kier molecular flexibility index (Phi) is 10.1. The SMILES string of the molecule is CCCCC[C@@H](/C=C/[C@@H]1[C@H]2CC(CO)=C[C@H]2C[C@H]1O[Si](C)(C)C(C)(C)C)O[Si](C)(C)C(C)(C)C. The monoisotopic (exact) mass is 508 g/mol. The summed E-state index contributed by atoms with van der Waals surface area (Å²) in [5.41, 5.74) is 1.22. The topological polar surface area (TPSA) is 38.7 Å². The van der Waals surface area contributed by atoms with Crippen molar-refractivity contribution in [3.05, 3.63) is 23.8 Å². The van der Waals surface area contributed by atoms with E-state index in [9.17, 15) is 5.11 Å². The van der Waals surface area contributed by atoms with E-state index in [1.807, 2.05) is 0 Å². The van der Waals surface area contributed by atoms with E-state index in [-0.39, 0.29) is 28.9 Å². The quantitative estimate of drug-likeness (QED) is 0.173. The maximum absolute atomic E-state index is 9.78. The molecule has 34 heavy (non-hydrogen) atoms. The number of rotatable bonds is 11. The van der Waals surface area contributed by atoms with E-state index >= 15 is 0 Å². The van der Waals surface area contributed by atoms with Crippen molar-refractivity contribution >= 4 is 16.6 Å². The zero-order chi connectivity index (χ0) is 25.9. The Morgan fingerprint density at radius 3 is 2.18 bits per heavy atom. The number of aliphatic hydroxyl groups excluding tert-OH is 1.